The van der Waals surface area contributed by atoms with Crippen molar-refractivity contribution < 1.29 is 15.7 Å². The maximum atomic E-state index is 12.3. The van der Waals surface area contributed by atoms with Crippen molar-refractivity contribution >= 4 is 54.7 Å². The van der Waals surface area contributed by atoms with Crippen LogP contribution in [0.5, 0.6) is 0 Å². The van der Waals surface area contributed by atoms with Crippen LogP contribution >= 0.6 is 23.5 Å². The normalized spacial score (nSPS) is 11.4. The van der Waals surface area contributed by atoms with Crippen LogP contribution in [0.4, 0.5) is 0 Å². The van der Waals surface area contributed by atoms with Crippen molar-refractivity contribution in [1.29, 1.82) is 0 Å². The van der Waals surface area contributed by atoms with E-state index in [1.54, 1.807) is 23.5 Å². The van der Waals surface area contributed by atoms with Gasteiger partial charge in [-0.2, -0.15) is 0 Å². The van der Waals surface area contributed by atoms with Gasteiger partial charge in [-0.05, 0) is 0 Å². The molecule has 0 unspecified atom stereocenters. The SMILES string of the molecule is CCC[CH2][Sn]([CH2]CCC)([O]C(=O)CSCCC)[O]C(=O)CSCCC. The third kappa shape index (κ3) is 13.3. The van der Waals surface area contributed by atoms with E-state index in [1.807, 2.05) is 0 Å². The van der Waals surface area contributed by atoms with Crippen LogP contribution in [0.3, 0.4) is 0 Å². The van der Waals surface area contributed by atoms with Crippen molar-refractivity contribution in [3.8, 4) is 0 Å². The third-order valence-corrected chi connectivity index (χ3v) is 15.6. The molecule has 0 aliphatic rings. The van der Waals surface area contributed by atoms with E-state index in [4.69, 9.17) is 6.15 Å². The van der Waals surface area contributed by atoms with Crippen LogP contribution in [0, 0.1) is 0 Å². The van der Waals surface area contributed by atoms with Crippen LogP contribution in [0.25, 0.3) is 0 Å². The summed E-state index contributed by atoms with van der Waals surface area (Å²) in [5.74, 6) is 2.27. The summed E-state index contributed by atoms with van der Waals surface area (Å²) < 4.78 is 13.5. The van der Waals surface area contributed by atoms with Gasteiger partial charge < -0.3 is 0 Å². The Kier molecular flexibility index (Phi) is 16.9. The zero-order chi connectivity index (χ0) is 19.0. The maximum absolute atomic E-state index is 12.3. The van der Waals surface area contributed by atoms with Gasteiger partial charge in [-0.3, -0.25) is 0 Å². The van der Waals surface area contributed by atoms with Gasteiger partial charge in [0.1, 0.15) is 0 Å². The van der Waals surface area contributed by atoms with Crippen molar-refractivity contribution in [3.63, 3.8) is 0 Å². The molecule has 4 nitrogen and oxygen atoms in total. The third-order valence-electron chi connectivity index (χ3n) is 3.56. The first-order chi connectivity index (χ1) is 12.0. The molecule has 0 N–H and O–H groups in total. The molecule has 25 heavy (non-hydrogen) atoms. The van der Waals surface area contributed by atoms with Crippen molar-refractivity contribution in [2.75, 3.05) is 23.0 Å². The molecule has 0 fully saturated rings. The molecule has 0 aromatic carbocycles. The minimum atomic E-state index is -3.69. The van der Waals surface area contributed by atoms with Gasteiger partial charge in [0.25, 0.3) is 0 Å². The van der Waals surface area contributed by atoms with Crippen molar-refractivity contribution in [2.45, 2.75) is 75.1 Å². The van der Waals surface area contributed by atoms with Gasteiger partial charge >= 0.3 is 169 Å². The summed E-state index contributed by atoms with van der Waals surface area (Å²) >= 11 is -0.494. The Balaban J connectivity index is 4.93. The van der Waals surface area contributed by atoms with E-state index in [0.717, 1.165) is 58.9 Å². The molecule has 148 valence electrons. The number of hydrogen-bond acceptors (Lipinski definition) is 6. The van der Waals surface area contributed by atoms with Crippen molar-refractivity contribution in [2.24, 2.45) is 0 Å². The average Bonchev–Trinajstić information content (AvgIpc) is 2.58. The fraction of sp³-hybridized carbons (Fsp3) is 0.889. The van der Waals surface area contributed by atoms with Gasteiger partial charge in [-0.25, -0.2) is 0 Å². The van der Waals surface area contributed by atoms with Crippen LogP contribution in [-0.4, -0.2) is 54.2 Å². The summed E-state index contributed by atoms with van der Waals surface area (Å²) in [6, 6.07) is 0. The number of hydrogen-bond donors (Lipinski definition) is 0. The average molecular weight is 499 g/mol. The van der Waals surface area contributed by atoms with Crippen LogP contribution < -0.4 is 0 Å². The first kappa shape index (κ1) is 25.4. The molecular formula is C18H36O4S2Sn. The van der Waals surface area contributed by atoms with Gasteiger partial charge in [-0.15, -0.1) is 0 Å². The summed E-state index contributed by atoms with van der Waals surface area (Å²) in [4.78, 5) is 24.6. The minimum absolute atomic E-state index is 0.185. The van der Waals surface area contributed by atoms with E-state index >= 15 is 0 Å². The Morgan fingerprint density at radius 2 is 1.12 bits per heavy atom. The molecule has 0 bridgehead atoms. The van der Waals surface area contributed by atoms with E-state index in [0.29, 0.717) is 11.5 Å². The Bertz CT molecular complexity index is 333. The second kappa shape index (κ2) is 16.6. The number of carbonyl (C=O) groups excluding carboxylic acids is 2. The van der Waals surface area contributed by atoms with Crippen molar-refractivity contribution in [3.05, 3.63) is 0 Å². The monoisotopic (exact) mass is 500 g/mol. The summed E-state index contributed by atoms with van der Waals surface area (Å²) in [6.07, 6.45) is 6.06. The quantitative estimate of drug-likeness (QED) is 0.209. The Labute approximate surface area is 167 Å². The summed E-state index contributed by atoms with van der Waals surface area (Å²) in [6.45, 7) is 8.43. The number of thioether (sulfide) groups is 2. The second-order valence-corrected chi connectivity index (χ2v) is 17.6. The molecule has 0 saturated carbocycles. The van der Waals surface area contributed by atoms with Gasteiger partial charge in [0, 0.05) is 0 Å². The predicted molar refractivity (Wildman–Crippen MR) is 113 cm³/mol. The second-order valence-electron chi connectivity index (χ2n) is 6.17. The molecule has 0 spiro atoms. The number of rotatable bonds is 16. The van der Waals surface area contributed by atoms with Gasteiger partial charge in [0.05, 0.1) is 0 Å². The van der Waals surface area contributed by atoms with E-state index in [-0.39, 0.29) is 11.9 Å². The zero-order valence-electron chi connectivity index (χ0n) is 16.4. The molecule has 0 saturated heterocycles. The predicted octanol–water partition coefficient (Wildman–Crippen LogP) is 5.40. The topological polar surface area (TPSA) is 52.6 Å². The van der Waals surface area contributed by atoms with Crippen LogP contribution in [0.15, 0.2) is 0 Å². The fourth-order valence-electron chi connectivity index (χ4n) is 2.32. The molecule has 0 aliphatic heterocycles. The summed E-state index contributed by atoms with van der Waals surface area (Å²) in [5, 5.41) is 0. The molecule has 0 atom stereocenters. The van der Waals surface area contributed by atoms with E-state index < -0.39 is 19.2 Å². The Morgan fingerprint density at radius 3 is 1.44 bits per heavy atom. The van der Waals surface area contributed by atoms with Crippen LogP contribution in [-0.2, 0) is 15.7 Å². The zero-order valence-corrected chi connectivity index (χ0v) is 20.9. The van der Waals surface area contributed by atoms with Gasteiger partial charge in [0.15, 0.2) is 0 Å². The van der Waals surface area contributed by atoms with Crippen LogP contribution in [0.1, 0.15) is 66.2 Å². The Hall–Kier alpha value is 0.439. The molecule has 0 heterocycles. The molecule has 7 heteroatoms. The van der Waals surface area contributed by atoms with Gasteiger partial charge in [0.2, 0.25) is 0 Å². The number of unbranched alkanes of at least 4 members (excludes halogenated alkanes) is 2. The summed E-state index contributed by atoms with van der Waals surface area (Å²) in [5.41, 5.74) is 0. The van der Waals surface area contributed by atoms with E-state index in [2.05, 4.69) is 27.7 Å². The summed E-state index contributed by atoms with van der Waals surface area (Å²) in [7, 11) is 0. The van der Waals surface area contributed by atoms with Crippen LogP contribution in [0.2, 0.25) is 8.87 Å². The first-order valence-electron chi connectivity index (χ1n) is 9.62. The molecule has 0 aromatic heterocycles. The molecule has 0 rings (SSSR count). The fourth-order valence-corrected chi connectivity index (χ4v) is 14.1. The standard InChI is InChI=1S/2C5H10O2S.2C4H9.Sn/c2*1-2-3-8-4-5(6)7;2*1-3-4-2;/h2*2-4H2,1H3,(H,6,7);2*1,3-4H2,2H3;/q;;;;+2/p-2. The molecule has 0 amide bonds. The van der Waals surface area contributed by atoms with Gasteiger partial charge in [-0.1, -0.05) is 0 Å². The first-order valence-corrected chi connectivity index (χ1v) is 18.3. The molecule has 0 aromatic rings. The van der Waals surface area contributed by atoms with E-state index in [9.17, 15) is 9.59 Å². The van der Waals surface area contributed by atoms with E-state index in [1.165, 1.54) is 0 Å². The molecular weight excluding hydrogens is 463 g/mol. The van der Waals surface area contributed by atoms with Crippen molar-refractivity contribution in [1.82, 2.24) is 0 Å². The molecule has 0 radical (unpaired) electrons. The molecule has 0 aliphatic carbocycles. The number of carbonyl (C=O) groups is 2. The Morgan fingerprint density at radius 1 is 0.720 bits per heavy atom.